The summed E-state index contributed by atoms with van der Waals surface area (Å²) < 4.78 is 65.3. The van der Waals surface area contributed by atoms with Crippen LogP contribution in [0, 0.1) is 29.4 Å². The van der Waals surface area contributed by atoms with E-state index in [1.807, 2.05) is 48.5 Å². The molecule has 1 aliphatic carbocycles. The lowest BCUT2D eigenvalue weighted by atomic mass is 9.93. The van der Waals surface area contributed by atoms with Crippen LogP contribution in [0.4, 0.5) is 8.78 Å². The summed E-state index contributed by atoms with van der Waals surface area (Å²) in [5, 5.41) is 22.6. The average molecular weight is 830 g/mol. The minimum Gasteiger partial charge on any atom is -0.491 e. The number of sulfonamides is 1. The number of methoxy groups -OCH3 is 1. The molecule has 3 aromatic rings. The fraction of sp³-hybridized carbons (Fsp3) is 0.463. The first kappa shape index (κ1) is 45.7. The van der Waals surface area contributed by atoms with Crippen LogP contribution >= 0.6 is 0 Å². The van der Waals surface area contributed by atoms with Gasteiger partial charge in [-0.25, -0.2) is 21.5 Å². The first-order chi connectivity index (χ1) is 27.5. The third-order valence-electron chi connectivity index (χ3n) is 10.2. The van der Waals surface area contributed by atoms with Crippen molar-refractivity contribution < 1.29 is 51.0 Å². The first-order valence-corrected chi connectivity index (χ1v) is 20.8. The molecule has 316 valence electrons. The normalized spacial score (nSPS) is 18.8. The van der Waals surface area contributed by atoms with E-state index in [2.05, 4.69) is 21.3 Å². The van der Waals surface area contributed by atoms with Crippen molar-refractivity contribution in [3.63, 3.8) is 0 Å². The molecule has 0 bridgehead atoms. The Balaban J connectivity index is 1.53. The van der Waals surface area contributed by atoms with Crippen molar-refractivity contribution in [1.29, 1.82) is 0 Å². The maximum absolute atomic E-state index is 14.1. The second-order valence-corrected chi connectivity index (χ2v) is 16.9. The van der Waals surface area contributed by atoms with Crippen LogP contribution in [0.15, 0.2) is 78.9 Å². The van der Waals surface area contributed by atoms with Crippen LogP contribution in [-0.4, -0.2) is 98.8 Å². The van der Waals surface area contributed by atoms with Gasteiger partial charge in [0.25, 0.3) is 0 Å². The number of aliphatic hydroxyl groups excluding tert-OH is 1. The maximum atomic E-state index is 14.1. The van der Waals surface area contributed by atoms with Crippen LogP contribution in [0.5, 0.6) is 5.75 Å². The smallest absolute Gasteiger partial charge is 0.249 e. The lowest BCUT2D eigenvalue weighted by molar-refractivity contribution is -0.138. The zero-order valence-electron chi connectivity index (χ0n) is 33.2. The van der Waals surface area contributed by atoms with E-state index in [1.54, 1.807) is 26.0 Å². The highest BCUT2D eigenvalue weighted by Gasteiger charge is 2.46. The van der Waals surface area contributed by atoms with Crippen LogP contribution in [0.2, 0.25) is 0 Å². The number of hydrogen-bond acceptors (Lipinski definition) is 9. The molecule has 1 fully saturated rings. The highest BCUT2D eigenvalue weighted by molar-refractivity contribution is 7.88. The lowest BCUT2D eigenvalue weighted by Gasteiger charge is -2.29. The minimum atomic E-state index is -3.71. The van der Waals surface area contributed by atoms with Gasteiger partial charge < -0.3 is 35.8 Å². The van der Waals surface area contributed by atoms with Crippen LogP contribution in [0.25, 0.3) is 0 Å². The van der Waals surface area contributed by atoms with Crippen molar-refractivity contribution in [1.82, 2.24) is 25.6 Å². The Bertz CT molecular complexity index is 1940. The molecule has 4 rings (SSSR count). The van der Waals surface area contributed by atoms with E-state index in [-0.39, 0.29) is 37.6 Å². The van der Waals surface area contributed by atoms with Crippen molar-refractivity contribution in [2.45, 2.75) is 76.5 Å². The summed E-state index contributed by atoms with van der Waals surface area (Å²) in [4.78, 5) is 54.4. The predicted molar refractivity (Wildman–Crippen MR) is 211 cm³/mol. The molecular formula is C41H53F2N5O9S. The van der Waals surface area contributed by atoms with Gasteiger partial charge in [-0.05, 0) is 29.9 Å². The van der Waals surface area contributed by atoms with Gasteiger partial charge in [0.05, 0.1) is 30.2 Å². The molecule has 0 aliphatic heterocycles. The second-order valence-electron chi connectivity index (χ2n) is 14.8. The molecule has 0 heterocycles. The summed E-state index contributed by atoms with van der Waals surface area (Å²) >= 11 is 0. The van der Waals surface area contributed by atoms with Crippen LogP contribution < -0.4 is 26.0 Å². The van der Waals surface area contributed by atoms with Gasteiger partial charge in [-0.15, -0.1) is 0 Å². The fourth-order valence-electron chi connectivity index (χ4n) is 6.78. The van der Waals surface area contributed by atoms with Gasteiger partial charge >= 0.3 is 0 Å². The van der Waals surface area contributed by atoms with E-state index in [9.17, 15) is 41.5 Å². The number of carbonyl (C=O) groups excluding carboxylic acids is 4. The van der Waals surface area contributed by atoms with Gasteiger partial charge in [0.1, 0.15) is 36.1 Å². The third kappa shape index (κ3) is 13.3. The number of ether oxygens (including phenoxy) is 2. The average Bonchev–Trinajstić information content (AvgIpc) is 3.64. The monoisotopic (exact) mass is 829 g/mol. The molecular weight excluding hydrogens is 777 g/mol. The molecule has 0 unspecified atom stereocenters. The maximum Gasteiger partial charge on any atom is 0.249 e. The van der Waals surface area contributed by atoms with E-state index in [4.69, 9.17) is 9.47 Å². The predicted octanol–water partition coefficient (Wildman–Crippen LogP) is 2.65. The number of nitrogens with one attached hydrogen (secondary N) is 4. The van der Waals surface area contributed by atoms with E-state index in [1.165, 1.54) is 14.2 Å². The molecule has 0 aromatic heterocycles. The van der Waals surface area contributed by atoms with Crippen LogP contribution in [0.3, 0.4) is 0 Å². The summed E-state index contributed by atoms with van der Waals surface area (Å²) in [5.41, 5.74) is 1.66. The Morgan fingerprint density at radius 2 is 1.36 bits per heavy atom. The number of carbonyl (C=O) groups is 4. The van der Waals surface area contributed by atoms with Crippen LogP contribution in [-0.2, 0) is 47.0 Å². The van der Waals surface area contributed by atoms with Crippen molar-refractivity contribution >= 4 is 33.7 Å². The summed E-state index contributed by atoms with van der Waals surface area (Å²) in [6, 6.07) is 17.7. The SMILES string of the molecule is CO[C@H](C[C@H](O)[C@H](COc1cc(F)cc(F)c1)NC(=O)[C@@H]1C[C@@H](N(C)S(C)(=O)=O)C[C@H]1C(=O)NCc1ccccc1)C(=O)N[C@H](C(=O)NCc1ccccc1)C(C)C. The zero-order valence-corrected chi connectivity index (χ0v) is 34.0. The highest BCUT2D eigenvalue weighted by Crippen LogP contribution is 2.36. The molecule has 1 aliphatic rings. The molecule has 7 atom stereocenters. The molecule has 0 saturated heterocycles. The first-order valence-electron chi connectivity index (χ1n) is 18.9. The van der Waals surface area contributed by atoms with E-state index in [0.717, 1.165) is 33.8 Å². The molecule has 58 heavy (non-hydrogen) atoms. The zero-order chi connectivity index (χ0) is 42.6. The molecule has 17 heteroatoms. The van der Waals surface area contributed by atoms with Crippen molar-refractivity contribution in [3.8, 4) is 5.75 Å². The molecule has 0 radical (unpaired) electrons. The number of aliphatic hydroxyl groups is 1. The van der Waals surface area contributed by atoms with Crippen molar-refractivity contribution in [3.05, 3.63) is 102 Å². The minimum absolute atomic E-state index is 0.0242. The van der Waals surface area contributed by atoms with Gasteiger partial charge in [-0.3, -0.25) is 19.2 Å². The number of halogens is 2. The topological polar surface area (TPSA) is 192 Å². The summed E-state index contributed by atoms with van der Waals surface area (Å²) in [6.07, 6.45) is -2.37. The Kier molecular flexibility index (Phi) is 16.7. The number of amides is 4. The van der Waals surface area contributed by atoms with Gasteiger partial charge in [-0.2, -0.15) is 0 Å². The van der Waals surface area contributed by atoms with Gasteiger partial charge in [0, 0.05) is 57.9 Å². The molecule has 4 amide bonds. The molecule has 1 saturated carbocycles. The molecule has 14 nitrogen and oxygen atoms in total. The molecule has 0 spiro atoms. The second kappa shape index (κ2) is 21.2. The highest BCUT2D eigenvalue weighted by atomic mass is 32.2. The quantitative estimate of drug-likeness (QED) is 0.114. The summed E-state index contributed by atoms with van der Waals surface area (Å²) in [6.45, 7) is 3.33. The standard InChI is InChI=1S/C41H53F2N5O9S/c1-25(2)37(41(53)45-23-27-14-10-7-11-15-27)47-40(52)36(56-4)21-35(49)34(24-57-31-17-28(42)16-29(43)18-31)46-39(51)33-20-30(48(3)58(5,54)55)19-32(33)38(50)44-22-26-12-8-6-9-13-26/h6-18,25,30,32-37,49H,19-24H2,1-5H3,(H,44,50)(H,45,53)(H,46,51)(H,47,52)/t30-,32+,33+,34-,35-,36+,37-/m0/s1. The Morgan fingerprint density at radius 1 is 0.828 bits per heavy atom. The van der Waals surface area contributed by atoms with Crippen LogP contribution in [0.1, 0.15) is 44.2 Å². The van der Waals surface area contributed by atoms with E-state index in [0.29, 0.717) is 6.07 Å². The lowest BCUT2D eigenvalue weighted by Crippen LogP contribution is -2.54. The number of benzene rings is 3. The van der Waals surface area contributed by atoms with Crippen molar-refractivity contribution in [2.75, 3.05) is 27.0 Å². The fourth-order valence-corrected chi connectivity index (χ4v) is 7.49. The third-order valence-corrected chi connectivity index (χ3v) is 11.5. The summed E-state index contributed by atoms with van der Waals surface area (Å²) in [5.74, 6) is -6.90. The van der Waals surface area contributed by atoms with Crippen molar-refractivity contribution in [2.24, 2.45) is 17.8 Å². The number of rotatable bonds is 20. The number of nitrogens with zero attached hydrogens (tertiary/aromatic N) is 1. The Morgan fingerprint density at radius 3 is 1.88 bits per heavy atom. The van der Waals surface area contributed by atoms with Gasteiger partial charge in [-0.1, -0.05) is 74.5 Å². The Hall–Kier alpha value is -4.97. The Labute approximate surface area is 338 Å². The largest absolute Gasteiger partial charge is 0.491 e. The molecule has 3 aromatic carbocycles. The summed E-state index contributed by atoms with van der Waals surface area (Å²) in [7, 11) is -1.12. The van der Waals surface area contributed by atoms with Gasteiger partial charge in [0.15, 0.2) is 0 Å². The number of hydrogen-bond donors (Lipinski definition) is 5. The van der Waals surface area contributed by atoms with E-state index >= 15 is 0 Å². The molecule has 5 N–H and O–H groups in total. The van der Waals surface area contributed by atoms with E-state index < -0.39 is 100 Å². The van der Waals surface area contributed by atoms with Gasteiger partial charge in [0.2, 0.25) is 33.7 Å².